The maximum Gasteiger partial charge on any atom is -0.147 e. The van der Waals surface area contributed by atoms with Gasteiger partial charge in [-0.05, 0) is 0 Å². The minimum atomic E-state index is -3.95. The topological polar surface area (TPSA) is 0 Å². The fourth-order valence-electron chi connectivity index (χ4n) is 12.6. The van der Waals surface area contributed by atoms with Crippen LogP contribution in [0.4, 0.5) is 0 Å². The SMILES string of the molecule is CCC1(CC2=Cc3c(-c4cccc5ccccc45)cccc3[CH]2[Zr]([CH3])([CH3])(=[SiH2])[CH]2C(CC3(CC)CCC3)=Cc3c(-c4cccc5ccccc45)cccc32)CCC1.Cl.Cl. The molecule has 4 aliphatic rings. The first-order valence-electron chi connectivity index (χ1n) is 21.8. The monoisotopic (exact) mass is 896 g/mol. The summed E-state index contributed by atoms with van der Waals surface area (Å²) in [6.45, 7) is 7.51. The quantitative estimate of drug-likeness (QED) is 0.120. The van der Waals surface area contributed by atoms with Gasteiger partial charge in [0.05, 0.1) is 0 Å². The van der Waals surface area contributed by atoms with Crippen molar-refractivity contribution in [2.45, 2.75) is 94.6 Å². The first-order valence-corrected chi connectivity index (χ1v) is 35.5. The van der Waals surface area contributed by atoms with E-state index >= 15 is 0 Å². The summed E-state index contributed by atoms with van der Waals surface area (Å²) in [5, 5.41) is 5.38. The Balaban J connectivity index is 0.00000235. The number of fused-ring (bicyclic) bond motifs is 4. The Morgan fingerprint density at radius 2 is 0.862 bits per heavy atom. The molecule has 2 fully saturated rings. The predicted octanol–water partition coefficient (Wildman–Crippen LogP) is 16.0. The van der Waals surface area contributed by atoms with Gasteiger partial charge in [-0.1, -0.05) is 0 Å². The molecule has 0 amide bonds. The smallest absolute Gasteiger partial charge is 0.147 e. The van der Waals surface area contributed by atoms with Crippen molar-refractivity contribution in [3.63, 3.8) is 0 Å². The molecule has 6 aromatic carbocycles. The van der Waals surface area contributed by atoms with Gasteiger partial charge in [-0.25, -0.2) is 0 Å². The second-order valence-electron chi connectivity index (χ2n) is 19.7. The molecule has 0 bridgehead atoms. The number of halogens is 2. The minimum absolute atomic E-state index is 0. The van der Waals surface area contributed by atoms with Gasteiger partial charge >= 0.3 is 340 Å². The molecule has 0 saturated heterocycles. The zero-order valence-electron chi connectivity index (χ0n) is 35.0. The van der Waals surface area contributed by atoms with Crippen LogP contribution in [0.2, 0.25) is 9.26 Å². The average molecular weight is 899 g/mol. The third-order valence-electron chi connectivity index (χ3n) is 15.8. The largest absolute Gasteiger partial charge is 0.147 e. The van der Waals surface area contributed by atoms with Crippen LogP contribution in [0.15, 0.2) is 132 Å². The van der Waals surface area contributed by atoms with Crippen molar-refractivity contribution >= 4 is 65.4 Å². The Bertz CT molecular complexity index is 2490. The Morgan fingerprint density at radius 3 is 1.24 bits per heavy atom. The number of hydrogen-bond donors (Lipinski definition) is 0. The van der Waals surface area contributed by atoms with Crippen molar-refractivity contribution in [3.05, 3.63) is 155 Å². The number of allylic oxidation sites excluding steroid dienone is 2. The molecule has 10 rings (SSSR count). The van der Waals surface area contributed by atoms with E-state index in [-0.39, 0.29) is 24.8 Å². The van der Waals surface area contributed by atoms with Crippen molar-refractivity contribution in [3.8, 4) is 22.3 Å². The zero-order chi connectivity index (χ0) is 38.3. The van der Waals surface area contributed by atoms with Crippen LogP contribution in [0.3, 0.4) is 0 Å². The van der Waals surface area contributed by atoms with Gasteiger partial charge in [0.25, 0.3) is 0 Å². The molecule has 6 aromatic rings. The van der Waals surface area contributed by atoms with Crippen molar-refractivity contribution in [2.75, 3.05) is 0 Å². The van der Waals surface area contributed by atoms with E-state index in [1.165, 1.54) is 119 Å². The summed E-state index contributed by atoms with van der Waals surface area (Å²) in [7, 11) is 0. The second kappa shape index (κ2) is 15.5. The normalized spacial score (nSPS) is 20.2. The molecule has 0 spiro atoms. The molecule has 4 aliphatic carbocycles. The van der Waals surface area contributed by atoms with Crippen LogP contribution in [-0.4, -0.2) is 6.88 Å². The molecular weight excluding hydrogens is 839 g/mol. The molecule has 2 unspecified atom stereocenters. The zero-order valence-corrected chi connectivity index (χ0v) is 40.5. The fraction of sp³-hybridized carbons (Fsp3) is 0.333. The first kappa shape index (κ1) is 41.7. The van der Waals surface area contributed by atoms with E-state index in [2.05, 4.69) is 163 Å². The third-order valence-corrected chi connectivity index (χ3v) is 33.3. The molecule has 0 heterocycles. The summed E-state index contributed by atoms with van der Waals surface area (Å²) < 4.78 is 6.83. The summed E-state index contributed by atoms with van der Waals surface area (Å²) in [4.78, 5) is 0. The van der Waals surface area contributed by atoms with E-state index in [0.29, 0.717) is 18.1 Å². The molecule has 0 aromatic heterocycles. The van der Waals surface area contributed by atoms with Crippen LogP contribution in [0.5, 0.6) is 0 Å². The van der Waals surface area contributed by atoms with E-state index in [0.717, 1.165) is 0 Å². The Morgan fingerprint density at radius 1 is 0.500 bits per heavy atom. The number of rotatable bonds is 10. The maximum atomic E-state index is 2.90. The van der Waals surface area contributed by atoms with Crippen LogP contribution < -0.4 is 0 Å². The van der Waals surface area contributed by atoms with E-state index in [1.54, 1.807) is 22.3 Å². The number of hydrogen-bond acceptors (Lipinski definition) is 0. The average Bonchev–Trinajstić information content (AvgIpc) is 3.76. The van der Waals surface area contributed by atoms with E-state index in [9.17, 15) is 0 Å². The van der Waals surface area contributed by atoms with Gasteiger partial charge in [0.15, 0.2) is 0 Å². The fourth-order valence-corrected chi connectivity index (χ4v) is 32.2. The maximum absolute atomic E-state index is 3.95. The van der Waals surface area contributed by atoms with Gasteiger partial charge in [0.1, 0.15) is 0 Å². The summed E-state index contributed by atoms with van der Waals surface area (Å²) >= 11 is -3.95. The van der Waals surface area contributed by atoms with Gasteiger partial charge in [-0.15, -0.1) is 24.8 Å². The molecule has 298 valence electrons. The Hall–Kier alpha value is -3.00. The number of benzene rings is 6. The van der Waals surface area contributed by atoms with Crippen molar-refractivity contribution in [1.82, 2.24) is 0 Å². The summed E-state index contributed by atoms with van der Waals surface area (Å²) in [5.74, 6) is 0. The van der Waals surface area contributed by atoms with Crippen LogP contribution in [0.25, 0.3) is 56.0 Å². The van der Waals surface area contributed by atoms with Gasteiger partial charge in [0, 0.05) is 0 Å². The standard InChI is InChI=1S/2C26H25.2CH3.2ClH.H2Si.Zr/c2*1-2-26(14-7-15-26)18-19-16-21-10-6-13-24(25(21)17-19)23-12-5-9-20-8-3-4-11-22(20)23;;;;;;/h2*3-6,8-13,16-17H,2,7,14-15,18H2,1H3;2*1H3;2*1H;1H2;. The van der Waals surface area contributed by atoms with E-state index < -0.39 is 17.4 Å². The van der Waals surface area contributed by atoms with Crippen LogP contribution >= 0.6 is 24.8 Å². The van der Waals surface area contributed by atoms with Gasteiger partial charge in [-0.2, -0.15) is 0 Å². The minimum Gasteiger partial charge on any atom is -0.147 e. The molecular formula is C54H60Cl2SiZr. The molecule has 4 heteroatoms. The van der Waals surface area contributed by atoms with Crippen molar-refractivity contribution < 1.29 is 17.4 Å². The second-order valence-corrected chi connectivity index (χ2v) is 50.2. The van der Waals surface area contributed by atoms with E-state index in [4.69, 9.17) is 0 Å². The molecule has 0 radical (unpaired) electrons. The Kier molecular flexibility index (Phi) is 11.1. The van der Waals surface area contributed by atoms with Gasteiger partial charge < -0.3 is 0 Å². The summed E-state index contributed by atoms with van der Waals surface area (Å²) in [5.41, 5.74) is 16.4. The van der Waals surface area contributed by atoms with Gasteiger partial charge in [-0.3, -0.25) is 0 Å². The van der Waals surface area contributed by atoms with Crippen LogP contribution in [-0.2, 0) is 17.4 Å². The summed E-state index contributed by atoms with van der Waals surface area (Å²) in [6, 6.07) is 46.7. The molecule has 2 atom stereocenters. The van der Waals surface area contributed by atoms with E-state index in [1.807, 2.05) is 0 Å². The van der Waals surface area contributed by atoms with Crippen molar-refractivity contribution in [1.29, 1.82) is 0 Å². The third kappa shape index (κ3) is 6.63. The molecule has 58 heavy (non-hydrogen) atoms. The van der Waals surface area contributed by atoms with Crippen molar-refractivity contribution in [2.24, 2.45) is 10.8 Å². The van der Waals surface area contributed by atoms with Crippen LogP contribution in [0, 0.1) is 10.8 Å². The van der Waals surface area contributed by atoms with Crippen LogP contribution in [0.1, 0.15) is 108 Å². The predicted molar refractivity (Wildman–Crippen MR) is 257 cm³/mol. The molecule has 0 N–H and O–H groups in total. The van der Waals surface area contributed by atoms with Gasteiger partial charge in [0.2, 0.25) is 0 Å². The molecule has 0 nitrogen and oxygen atoms in total. The molecule has 2 saturated carbocycles. The summed E-state index contributed by atoms with van der Waals surface area (Å²) in [6.07, 6.45) is 18.9. The molecule has 0 aliphatic heterocycles. The Labute approximate surface area is 362 Å². The first-order chi connectivity index (χ1) is 27.1.